The van der Waals surface area contributed by atoms with Gasteiger partial charge in [-0.15, -0.1) is 5.92 Å². The number of nitrogens with one attached hydrogen (secondary N) is 1. The molecule has 1 spiro atoms. The van der Waals surface area contributed by atoms with Crippen LogP contribution in [0.2, 0.25) is 0 Å². The molecule has 12 heteroatoms. The number of H-pyrrole nitrogens is 1. The highest BCUT2D eigenvalue weighted by atomic mass is 16.5. The predicted octanol–water partition coefficient (Wildman–Crippen LogP) is 5.43. The van der Waals surface area contributed by atoms with Gasteiger partial charge in [-0.2, -0.15) is 0 Å². The lowest BCUT2D eigenvalue weighted by Gasteiger charge is -2.62. The SMILES string of the molecule is CC1CCC2=CCC3C(C)CC4(O)CCC3(CC(C3COC(=O)C3c3cc[nH]c3)C#CCC3CC5(O)C6=CC(=O)C7CC(O)C(O)CC7(C)C6CCC5(CCN=C(N)N)C3C4(C)O)C2C1. The van der Waals surface area contributed by atoms with Crippen LogP contribution in [-0.4, -0.2) is 90.4 Å². The van der Waals surface area contributed by atoms with E-state index in [0.717, 1.165) is 37.7 Å². The van der Waals surface area contributed by atoms with Gasteiger partial charge in [0.25, 0.3) is 0 Å². The van der Waals surface area contributed by atoms with Crippen LogP contribution in [0.1, 0.15) is 135 Å². The number of hydrogen-bond acceptors (Lipinski definition) is 9. The molecule has 6 fully saturated rings. The quantitative estimate of drug-likeness (QED) is 0.0615. The van der Waals surface area contributed by atoms with Crippen LogP contribution in [0.5, 0.6) is 0 Å². The van der Waals surface area contributed by atoms with Crippen LogP contribution in [0.4, 0.5) is 0 Å². The Kier molecular flexibility index (Phi) is 11.0. The number of ether oxygens (including phenoxy) is 1. The summed E-state index contributed by atoms with van der Waals surface area (Å²) in [4.78, 5) is 35.8. The van der Waals surface area contributed by atoms with Crippen molar-refractivity contribution in [2.24, 2.45) is 91.9 Å². The minimum absolute atomic E-state index is 0.0241. The molecule has 19 atom stereocenters. The molecule has 12 nitrogen and oxygen atoms in total. The number of nitrogens with zero attached hydrogens (tertiary/aromatic N) is 1. The van der Waals surface area contributed by atoms with Gasteiger partial charge in [0.1, 0.15) is 0 Å². The highest BCUT2D eigenvalue weighted by Gasteiger charge is 2.75. The van der Waals surface area contributed by atoms with Gasteiger partial charge in [0.2, 0.25) is 0 Å². The number of aliphatic hydroxyl groups excluding tert-OH is 2. The Labute approximate surface area is 384 Å². The second-order valence-corrected chi connectivity index (χ2v) is 23.6. The van der Waals surface area contributed by atoms with E-state index >= 15 is 0 Å². The summed E-state index contributed by atoms with van der Waals surface area (Å²) in [6.07, 6.45) is 14.6. The van der Waals surface area contributed by atoms with E-state index in [9.17, 15) is 35.1 Å². The number of cyclic esters (lactones) is 1. The van der Waals surface area contributed by atoms with E-state index in [0.29, 0.717) is 62.4 Å². The lowest BCUT2D eigenvalue weighted by atomic mass is 9.44. The molecule has 8 aliphatic carbocycles. The number of hydrogen-bond donors (Lipinski definition) is 8. The smallest absolute Gasteiger partial charge is 0.313 e. The standard InChI is InChI=1S/C53H74N4O8/c1-29-8-9-31-10-11-36-30(2)23-52(63)16-15-50(36,38(31)20-29)24-32(35-28-65-46(61)44(35)34-13-18-56-27-34)6-5-7-33-25-53(64)39-21-41(58)40-22-42(59)43(60)26-48(40,3)37(39)12-14-51(53,17-19-57-47(54)55)45(33)49(52,4)62/h10,13,18,21,27,29-30,32-33,35-38,40,42-45,56,59-60,62-64H,7-9,11-12,14-17,19-20,22-26,28H2,1-4H3,(H4,54,55,57). The van der Waals surface area contributed by atoms with E-state index in [1.165, 1.54) is 5.57 Å². The molecule has 19 unspecified atom stereocenters. The molecule has 10 rings (SSSR count). The first kappa shape index (κ1) is 45.3. The number of fused-ring (bicyclic) bond motifs is 10. The third-order valence-corrected chi connectivity index (χ3v) is 20.7. The van der Waals surface area contributed by atoms with Crippen molar-refractivity contribution in [1.29, 1.82) is 0 Å². The molecule has 354 valence electrons. The summed E-state index contributed by atoms with van der Waals surface area (Å²) in [5.41, 5.74) is 8.09. The minimum atomic E-state index is -1.71. The number of ketones is 1. The van der Waals surface area contributed by atoms with Crippen LogP contribution in [-0.2, 0) is 14.3 Å². The average molecular weight is 895 g/mol. The summed E-state index contributed by atoms with van der Waals surface area (Å²) in [6.45, 7) is 8.96. The number of aliphatic hydroxyl groups is 5. The number of aromatic nitrogens is 1. The number of esters is 1. The number of rotatable bonds is 5. The second kappa shape index (κ2) is 15.8. The molecule has 0 radical (unpaired) electrons. The summed E-state index contributed by atoms with van der Waals surface area (Å²) in [5.74, 6) is 5.47. The van der Waals surface area contributed by atoms with Gasteiger partial charge in [-0.05, 0) is 166 Å². The Morgan fingerprint density at radius 3 is 2.52 bits per heavy atom. The first-order chi connectivity index (χ1) is 30.8. The lowest BCUT2D eigenvalue weighted by Crippen LogP contribution is -2.66. The van der Waals surface area contributed by atoms with E-state index in [1.54, 1.807) is 6.08 Å². The van der Waals surface area contributed by atoms with Crippen LogP contribution in [0.3, 0.4) is 0 Å². The van der Waals surface area contributed by atoms with Gasteiger partial charge in [-0.25, -0.2) is 0 Å². The normalized spacial score (nSPS) is 50.1. The maximum Gasteiger partial charge on any atom is 0.313 e. The van der Waals surface area contributed by atoms with Gasteiger partial charge in [-0.1, -0.05) is 38.3 Å². The predicted molar refractivity (Wildman–Crippen MR) is 245 cm³/mol. The van der Waals surface area contributed by atoms with Crippen molar-refractivity contribution in [3.63, 3.8) is 0 Å². The molecule has 65 heavy (non-hydrogen) atoms. The largest absolute Gasteiger partial charge is 0.465 e. The third-order valence-electron chi connectivity index (χ3n) is 20.7. The lowest BCUT2D eigenvalue weighted by molar-refractivity contribution is -0.227. The van der Waals surface area contributed by atoms with Crippen molar-refractivity contribution in [3.8, 4) is 11.8 Å². The maximum absolute atomic E-state index is 14.4. The van der Waals surface area contributed by atoms with Gasteiger partial charge in [0.05, 0.1) is 41.5 Å². The fourth-order valence-corrected chi connectivity index (χ4v) is 17.7. The fourth-order valence-electron chi connectivity index (χ4n) is 17.7. The van der Waals surface area contributed by atoms with Crippen molar-refractivity contribution >= 4 is 17.7 Å². The number of nitrogens with two attached hydrogens (primary N) is 2. The molecule has 9 aliphatic rings. The third kappa shape index (κ3) is 6.65. The number of guanidine groups is 1. The van der Waals surface area contributed by atoms with Crippen LogP contribution in [0.25, 0.3) is 0 Å². The van der Waals surface area contributed by atoms with E-state index < -0.39 is 63.5 Å². The summed E-state index contributed by atoms with van der Waals surface area (Å²) in [5, 5.41) is 63.5. The summed E-state index contributed by atoms with van der Waals surface area (Å²) < 4.78 is 5.95. The topological polar surface area (TPSA) is 225 Å². The molecular formula is C53H74N4O8. The van der Waals surface area contributed by atoms with Gasteiger partial charge in [-0.3, -0.25) is 14.6 Å². The molecule has 10 N–H and O–H groups in total. The molecular weight excluding hydrogens is 821 g/mol. The molecule has 0 aromatic carbocycles. The van der Waals surface area contributed by atoms with Gasteiger partial charge in [0, 0.05) is 54.4 Å². The Bertz CT molecular complexity index is 2220. The fraction of sp³-hybridized carbons (Fsp3) is 0.755. The second-order valence-electron chi connectivity index (χ2n) is 23.6. The summed E-state index contributed by atoms with van der Waals surface area (Å²) in [6, 6.07) is 1.97. The Morgan fingerprint density at radius 1 is 0.969 bits per heavy atom. The van der Waals surface area contributed by atoms with E-state index in [1.807, 2.05) is 32.3 Å². The molecule has 5 saturated carbocycles. The van der Waals surface area contributed by atoms with Gasteiger partial charge >= 0.3 is 5.97 Å². The molecule has 2 bridgehead atoms. The van der Waals surface area contributed by atoms with Crippen LogP contribution in [0, 0.1) is 87.3 Å². The van der Waals surface area contributed by atoms with Crippen LogP contribution < -0.4 is 11.5 Å². The van der Waals surface area contributed by atoms with E-state index in [-0.39, 0.29) is 85.1 Å². The summed E-state index contributed by atoms with van der Waals surface area (Å²) in [7, 11) is 0. The zero-order valence-corrected chi connectivity index (χ0v) is 39.0. The van der Waals surface area contributed by atoms with Crippen LogP contribution >= 0.6 is 0 Å². The van der Waals surface area contributed by atoms with Crippen molar-refractivity contribution < 1.29 is 39.9 Å². The highest BCUT2D eigenvalue weighted by molar-refractivity contribution is 5.95. The zero-order valence-electron chi connectivity index (χ0n) is 39.0. The first-order valence-corrected chi connectivity index (χ1v) is 25.1. The highest BCUT2D eigenvalue weighted by Crippen LogP contribution is 2.73. The van der Waals surface area contributed by atoms with Crippen molar-refractivity contribution in [1.82, 2.24) is 4.98 Å². The Morgan fingerprint density at radius 2 is 1.77 bits per heavy atom. The molecule has 1 aromatic heterocycles. The minimum Gasteiger partial charge on any atom is -0.465 e. The maximum atomic E-state index is 14.4. The first-order valence-electron chi connectivity index (χ1n) is 25.1. The average Bonchev–Trinajstić information content (AvgIpc) is 3.95. The van der Waals surface area contributed by atoms with Gasteiger partial charge in [0.15, 0.2) is 11.7 Å². The van der Waals surface area contributed by atoms with Crippen molar-refractivity contribution in [2.45, 2.75) is 159 Å². The number of carbonyl (C=O) groups is 2. The van der Waals surface area contributed by atoms with Crippen molar-refractivity contribution in [3.05, 3.63) is 47.3 Å². The summed E-state index contributed by atoms with van der Waals surface area (Å²) >= 11 is 0. The molecule has 1 aromatic rings. The van der Waals surface area contributed by atoms with E-state index in [2.05, 4.69) is 41.7 Å². The van der Waals surface area contributed by atoms with Crippen LogP contribution in [0.15, 0.2) is 46.8 Å². The molecule has 1 saturated heterocycles. The number of aliphatic imine (C=N–C) groups is 1. The monoisotopic (exact) mass is 895 g/mol. The number of allylic oxidation sites excluding steroid dienone is 3. The number of carbonyl (C=O) groups excluding carboxylic acids is 2. The molecule has 0 amide bonds. The number of aromatic amines is 1. The van der Waals surface area contributed by atoms with Crippen molar-refractivity contribution in [2.75, 3.05) is 13.2 Å². The molecule has 1 aliphatic heterocycles. The molecule has 2 heterocycles. The Balaban J connectivity index is 1.15. The van der Waals surface area contributed by atoms with E-state index in [4.69, 9.17) is 16.2 Å². The van der Waals surface area contributed by atoms with Gasteiger partial charge < -0.3 is 46.7 Å². The zero-order chi connectivity index (χ0) is 46.1. The Hall–Kier alpha value is -3.47.